The summed E-state index contributed by atoms with van der Waals surface area (Å²) in [6.07, 6.45) is 1.13. The maximum Gasteiger partial charge on any atom is 0.334 e. The molecule has 0 bridgehead atoms. The summed E-state index contributed by atoms with van der Waals surface area (Å²) >= 11 is 0. The van der Waals surface area contributed by atoms with Gasteiger partial charge in [-0.25, -0.2) is 19.8 Å². The number of anilines is 1. The van der Waals surface area contributed by atoms with Gasteiger partial charge in [-0.2, -0.15) is 0 Å². The van der Waals surface area contributed by atoms with Gasteiger partial charge in [0.05, 0.1) is 25.3 Å². The van der Waals surface area contributed by atoms with Crippen molar-refractivity contribution in [3.63, 3.8) is 0 Å². The van der Waals surface area contributed by atoms with Gasteiger partial charge in [0.15, 0.2) is 0 Å². The van der Waals surface area contributed by atoms with Crippen LogP contribution in [0.1, 0.15) is 23.7 Å². The average molecular weight is 708 g/mol. The third-order valence-electron chi connectivity index (χ3n) is 10.9. The molecule has 4 aliphatic rings. The van der Waals surface area contributed by atoms with Gasteiger partial charge < -0.3 is 30.0 Å². The number of rotatable bonds is 10. The zero-order valence-corrected chi connectivity index (χ0v) is 30.0. The van der Waals surface area contributed by atoms with Crippen molar-refractivity contribution in [2.45, 2.75) is 50.7 Å². The number of hydrogen-bond donors (Lipinski definition) is 2. The van der Waals surface area contributed by atoms with Crippen LogP contribution in [-0.4, -0.2) is 141 Å². The van der Waals surface area contributed by atoms with Crippen LogP contribution in [0.2, 0.25) is 0 Å². The molecular formula is C39H49N9O4. The number of aromatic nitrogens is 1. The van der Waals surface area contributed by atoms with Crippen LogP contribution >= 0.6 is 0 Å². The molecule has 0 radical (unpaired) electrons. The Morgan fingerprint density at radius 3 is 2.46 bits per heavy atom. The number of nitrogens with one attached hydrogen (secondary N) is 1. The number of phenols is 1. The van der Waals surface area contributed by atoms with Gasteiger partial charge in [-0.15, -0.1) is 6.58 Å². The number of likely N-dealkylation sites (N-methyl/N-ethyl adjacent to an activating group) is 1. The van der Waals surface area contributed by atoms with E-state index in [2.05, 4.69) is 40.6 Å². The van der Waals surface area contributed by atoms with Crippen LogP contribution < -0.4 is 10.2 Å². The number of aromatic hydroxyl groups is 1. The van der Waals surface area contributed by atoms with Crippen molar-refractivity contribution in [2.24, 2.45) is 0 Å². The Kier molecular flexibility index (Phi) is 10.4. The molecule has 4 aliphatic heterocycles. The molecule has 274 valence electrons. The summed E-state index contributed by atoms with van der Waals surface area (Å²) in [6.45, 7) is 12.0. The number of carbonyl (C=O) groups excluding carboxylic acids is 3. The molecule has 0 aliphatic carbocycles. The molecule has 2 aromatic carbocycles. The fraction of sp³-hybridized carbons (Fsp3) is 0.436. The minimum atomic E-state index is -0.864. The van der Waals surface area contributed by atoms with Crippen LogP contribution in [0, 0.1) is 0 Å². The summed E-state index contributed by atoms with van der Waals surface area (Å²) in [7, 11) is 2.19. The zero-order valence-electron chi connectivity index (χ0n) is 30.0. The molecule has 3 aromatic rings. The molecule has 0 unspecified atom stereocenters. The van der Waals surface area contributed by atoms with Crippen LogP contribution in [-0.2, 0) is 29.1 Å². The third kappa shape index (κ3) is 7.48. The van der Waals surface area contributed by atoms with Crippen molar-refractivity contribution in [1.29, 1.82) is 0 Å². The normalized spacial score (nSPS) is 23.4. The predicted molar refractivity (Wildman–Crippen MR) is 198 cm³/mol. The average Bonchev–Trinajstić information content (AvgIpc) is 3.11. The highest BCUT2D eigenvalue weighted by Gasteiger charge is 2.51. The first kappa shape index (κ1) is 35.4. The summed E-state index contributed by atoms with van der Waals surface area (Å²) in [6, 6.07) is 22.0. The first-order chi connectivity index (χ1) is 25.2. The van der Waals surface area contributed by atoms with Crippen molar-refractivity contribution in [3.8, 4) is 5.75 Å². The Morgan fingerprint density at radius 1 is 0.962 bits per heavy atom. The fourth-order valence-corrected chi connectivity index (χ4v) is 7.76. The van der Waals surface area contributed by atoms with Gasteiger partial charge in [0.25, 0.3) is 0 Å². The summed E-state index contributed by atoms with van der Waals surface area (Å²) in [5.41, 5.74) is 2.48. The van der Waals surface area contributed by atoms with Gasteiger partial charge in [0, 0.05) is 64.3 Å². The first-order valence-electron chi connectivity index (χ1n) is 18.2. The Bertz CT molecular complexity index is 1750. The molecule has 2 N–H and O–H groups in total. The minimum Gasteiger partial charge on any atom is -0.508 e. The molecule has 5 heterocycles. The van der Waals surface area contributed by atoms with Crippen LogP contribution in [0.4, 0.5) is 10.6 Å². The van der Waals surface area contributed by atoms with E-state index in [9.17, 15) is 19.5 Å². The lowest BCUT2D eigenvalue weighted by Gasteiger charge is -2.55. The highest BCUT2D eigenvalue weighted by molar-refractivity contribution is 5.91. The van der Waals surface area contributed by atoms with Crippen molar-refractivity contribution >= 4 is 23.7 Å². The summed E-state index contributed by atoms with van der Waals surface area (Å²) < 4.78 is 0. The highest BCUT2D eigenvalue weighted by Crippen LogP contribution is 2.30. The van der Waals surface area contributed by atoms with Crippen LogP contribution in [0.3, 0.4) is 0 Å². The quantitative estimate of drug-likeness (QED) is 0.307. The molecule has 4 amide bonds. The van der Waals surface area contributed by atoms with E-state index in [-0.39, 0.29) is 56.2 Å². The predicted octanol–water partition coefficient (Wildman–Crippen LogP) is 2.35. The topological polar surface area (TPSA) is 119 Å². The second kappa shape index (κ2) is 15.3. The summed E-state index contributed by atoms with van der Waals surface area (Å²) in [4.78, 5) is 58.0. The molecule has 13 nitrogen and oxygen atoms in total. The van der Waals surface area contributed by atoms with E-state index in [0.717, 1.165) is 55.4 Å². The molecule has 3 atom stereocenters. The summed E-state index contributed by atoms with van der Waals surface area (Å²) in [5.74, 6) is 0.554. The molecule has 13 heteroatoms. The third-order valence-corrected chi connectivity index (χ3v) is 10.9. The number of benzene rings is 2. The molecule has 52 heavy (non-hydrogen) atoms. The van der Waals surface area contributed by atoms with E-state index in [1.54, 1.807) is 50.2 Å². The number of urea groups is 1. The molecule has 4 saturated heterocycles. The number of nitrogens with zero attached hydrogens (tertiary/aromatic N) is 8. The second-order valence-electron chi connectivity index (χ2n) is 14.4. The lowest BCUT2D eigenvalue weighted by atomic mass is 9.98. The van der Waals surface area contributed by atoms with Gasteiger partial charge in [-0.1, -0.05) is 54.6 Å². The van der Waals surface area contributed by atoms with Gasteiger partial charge in [0.2, 0.25) is 11.8 Å². The number of carbonyl (C=O) groups is 3. The van der Waals surface area contributed by atoms with Crippen LogP contribution in [0.5, 0.6) is 5.75 Å². The van der Waals surface area contributed by atoms with E-state index in [4.69, 9.17) is 4.98 Å². The van der Waals surface area contributed by atoms with Gasteiger partial charge in [-0.05, 0) is 49.4 Å². The monoisotopic (exact) mass is 707 g/mol. The Hall–Kier alpha value is -4.98. The molecule has 4 fully saturated rings. The van der Waals surface area contributed by atoms with Crippen molar-refractivity contribution in [2.75, 3.05) is 64.3 Å². The standard InChI is InChI=1S/C39H49N9O4/c1-4-17-46-27-37(50)47-34(20-29-13-15-33(49)16-14-29)38(51)45(26-36(47)48(46)39(52)40-21-30-9-6-5-7-10-30)23-31-11-8-12-35(41-31)44-24-32(25-44)43-19-18-42(3)28(2)22-43/h4-16,28,32,34,36,49H,1,17-27H2,2-3H3,(H,40,52)/t28-,34-,36-/m0/s1. The lowest BCUT2D eigenvalue weighted by Crippen LogP contribution is -2.76. The van der Waals surface area contributed by atoms with Crippen LogP contribution in [0.25, 0.3) is 0 Å². The van der Waals surface area contributed by atoms with Crippen molar-refractivity contribution < 1.29 is 19.5 Å². The maximum atomic E-state index is 14.4. The van der Waals surface area contributed by atoms with Crippen molar-refractivity contribution in [1.82, 2.24) is 39.9 Å². The van der Waals surface area contributed by atoms with E-state index >= 15 is 0 Å². The second-order valence-corrected chi connectivity index (χ2v) is 14.4. The van der Waals surface area contributed by atoms with E-state index in [1.807, 2.05) is 48.5 Å². The number of pyridine rings is 1. The number of fused-ring (bicyclic) bond motifs is 1. The van der Waals surface area contributed by atoms with Crippen LogP contribution in [0.15, 0.2) is 85.5 Å². The number of phenolic OH excluding ortho intramolecular Hbond substituents is 1. The Labute approximate surface area is 305 Å². The van der Waals surface area contributed by atoms with E-state index in [0.29, 0.717) is 18.6 Å². The lowest BCUT2D eigenvalue weighted by molar-refractivity contribution is -0.189. The Morgan fingerprint density at radius 2 is 1.73 bits per heavy atom. The van der Waals surface area contributed by atoms with Crippen molar-refractivity contribution in [3.05, 3.63) is 102 Å². The number of hydrogen-bond acceptors (Lipinski definition) is 9. The number of amides is 4. The van der Waals surface area contributed by atoms with Gasteiger partial charge >= 0.3 is 6.03 Å². The SMILES string of the molecule is C=CCN1CC(=O)N2[C@@H](Cc3ccc(O)cc3)C(=O)N(Cc3cccc(N4CC(N5CCN(C)[C@@H](C)C5)C4)n3)C[C@@H]2N1C(=O)NCc1ccccc1. The highest BCUT2D eigenvalue weighted by atomic mass is 16.3. The van der Waals surface area contributed by atoms with Gasteiger partial charge in [-0.3, -0.25) is 14.5 Å². The molecule has 0 saturated carbocycles. The molecular weight excluding hydrogens is 658 g/mol. The number of piperazine rings is 2. The number of hydrazine groups is 1. The zero-order chi connectivity index (χ0) is 36.4. The fourth-order valence-electron chi connectivity index (χ4n) is 7.76. The maximum absolute atomic E-state index is 14.4. The Balaban J connectivity index is 1.13. The summed E-state index contributed by atoms with van der Waals surface area (Å²) in [5, 5.41) is 16.2. The molecule has 1 aromatic heterocycles. The smallest absolute Gasteiger partial charge is 0.334 e. The van der Waals surface area contributed by atoms with E-state index in [1.165, 1.54) is 0 Å². The molecule has 7 rings (SSSR count). The first-order valence-corrected chi connectivity index (χ1v) is 18.2. The van der Waals surface area contributed by atoms with E-state index < -0.39 is 12.2 Å². The largest absolute Gasteiger partial charge is 0.508 e. The van der Waals surface area contributed by atoms with Gasteiger partial charge in [0.1, 0.15) is 23.8 Å². The minimum absolute atomic E-state index is 0.0753. The molecule has 0 spiro atoms.